The van der Waals surface area contributed by atoms with Gasteiger partial charge in [0.15, 0.2) is 0 Å². The summed E-state index contributed by atoms with van der Waals surface area (Å²) in [5, 5.41) is 0. The van der Waals surface area contributed by atoms with Gasteiger partial charge in [-0.1, -0.05) is 0 Å². The molecule has 0 saturated carbocycles. The van der Waals surface area contributed by atoms with Crippen LogP contribution in [0.25, 0.3) is 0 Å². The van der Waals surface area contributed by atoms with Crippen LogP contribution in [-0.4, -0.2) is 90.7 Å². The molecule has 0 N–H and O–H groups in total. The van der Waals surface area contributed by atoms with Crippen LogP contribution in [0, 0.1) is 20.8 Å². The third kappa shape index (κ3) is 4.31. The molecular formula is C24H30N6O3. The number of amidine groups is 3. The van der Waals surface area contributed by atoms with E-state index in [1.54, 1.807) is 14.7 Å². The molecule has 0 unspecified atom stereocenters. The number of hydrogen-bond donors (Lipinski definition) is 0. The Balaban J connectivity index is 1.78. The van der Waals surface area contributed by atoms with Crippen molar-refractivity contribution in [3.8, 4) is 0 Å². The van der Waals surface area contributed by atoms with Gasteiger partial charge in [0.05, 0.1) is 19.6 Å². The van der Waals surface area contributed by atoms with Crippen molar-refractivity contribution >= 4 is 36.7 Å². The predicted molar refractivity (Wildman–Crippen MR) is 127 cm³/mol. The van der Waals surface area contributed by atoms with Crippen molar-refractivity contribution in [3.05, 3.63) is 33.4 Å². The molecule has 9 nitrogen and oxygen atoms in total. The first-order valence-corrected chi connectivity index (χ1v) is 11.3. The monoisotopic (exact) mass is 450 g/mol. The largest absolute Gasteiger partial charge is 0.301 e. The summed E-state index contributed by atoms with van der Waals surface area (Å²) in [6, 6.07) is 0. The average molecular weight is 451 g/mol. The lowest BCUT2D eigenvalue weighted by Crippen LogP contribution is -2.30. The molecule has 1 aromatic rings. The van der Waals surface area contributed by atoms with Crippen LogP contribution in [0.3, 0.4) is 0 Å². The Morgan fingerprint density at radius 3 is 1.09 bits per heavy atom. The van der Waals surface area contributed by atoms with E-state index in [4.69, 9.17) is 0 Å². The van der Waals surface area contributed by atoms with Crippen molar-refractivity contribution in [2.75, 3.05) is 39.3 Å². The molecule has 0 saturated heterocycles. The van der Waals surface area contributed by atoms with Gasteiger partial charge >= 0.3 is 0 Å². The SMILES string of the molecule is Cc1c(CC2=NCCN2C=O)c(C)c(CC2=NCCN2C=O)c(C)c1CC1=NCCN1C=O. The summed E-state index contributed by atoms with van der Waals surface area (Å²) in [6.45, 7) is 9.98. The number of nitrogens with zero attached hydrogens (tertiary/aromatic N) is 6. The van der Waals surface area contributed by atoms with Gasteiger partial charge in [-0.25, -0.2) is 0 Å². The van der Waals surface area contributed by atoms with Crippen LogP contribution in [0.1, 0.15) is 33.4 Å². The zero-order valence-electron chi connectivity index (χ0n) is 19.5. The van der Waals surface area contributed by atoms with E-state index < -0.39 is 0 Å². The summed E-state index contributed by atoms with van der Waals surface area (Å²) in [4.78, 5) is 53.2. The fourth-order valence-corrected chi connectivity index (χ4v) is 4.99. The highest BCUT2D eigenvalue weighted by atomic mass is 16.1. The topological polar surface area (TPSA) is 98.0 Å². The molecule has 3 amide bonds. The minimum Gasteiger partial charge on any atom is -0.301 e. The normalized spacial score (nSPS) is 17.9. The first-order chi connectivity index (χ1) is 16.0. The summed E-state index contributed by atoms with van der Waals surface area (Å²) < 4.78 is 0. The first kappa shape index (κ1) is 22.8. The number of rotatable bonds is 9. The summed E-state index contributed by atoms with van der Waals surface area (Å²) in [5.41, 5.74) is 6.79. The smallest absolute Gasteiger partial charge is 0.215 e. The van der Waals surface area contributed by atoms with Gasteiger partial charge in [-0.05, 0) is 54.2 Å². The summed E-state index contributed by atoms with van der Waals surface area (Å²) in [5.74, 6) is 2.33. The second-order valence-corrected chi connectivity index (χ2v) is 8.63. The molecule has 0 radical (unpaired) electrons. The molecule has 9 heteroatoms. The molecule has 0 bridgehead atoms. The Labute approximate surface area is 193 Å². The van der Waals surface area contributed by atoms with Crippen LogP contribution >= 0.6 is 0 Å². The molecular weight excluding hydrogens is 420 g/mol. The van der Waals surface area contributed by atoms with Crippen LogP contribution in [-0.2, 0) is 33.6 Å². The molecule has 1 aromatic carbocycles. The lowest BCUT2D eigenvalue weighted by Gasteiger charge is -2.25. The van der Waals surface area contributed by atoms with Gasteiger partial charge in [-0.15, -0.1) is 0 Å². The fourth-order valence-electron chi connectivity index (χ4n) is 4.99. The zero-order chi connectivity index (χ0) is 23.5. The highest BCUT2D eigenvalue weighted by molar-refractivity contribution is 5.97. The van der Waals surface area contributed by atoms with Crippen molar-refractivity contribution in [2.24, 2.45) is 15.0 Å². The molecule has 33 heavy (non-hydrogen) atoms. The van der Waals surface area contributed by atoms with E-state index in [0.29, 0.717) is 58.5 Å². The third-order valence-electron chi connectivity index (χ3n) is 7.00. The molecule has 0 atom stereocenters. The number of aliphatic imine (C=N–C) groups is 3. The Kier molecular flexibility index (Phi) is 6.67. The molecule has 0 fully saturated rings. The standard InChI is InChI=1S/C24H30N6O3/c1-16-19(10-22-25-4-7-28(22)13-31)17(2)21(12-24-27-6-9-30(24)15-33)18(3)20(16)11-23-26-5-8-29(23)14-32/h13-15H,4-12H2,1-3H3. The number of amides is 3. The zero-order valence-corrected chi connectivity index (χ0v) is 19.5. The Morgan fingerprint density at radius 2 is 0.848 bits per heavy atom. The van der Waals surface area contributed by atoms with Crippen molar-refractivity contribution in [1.82, 2.24) is 14.7 Å². The second kappa shape index (κ2) is 9.64. The minimum atomic E-state index is 0.560. The van der Waals surface area contributed by atoms with Crippen LogP contribution in [0.15, 0.2) is 15.0 Å². The van der Waals surface area contributed by atoms with E-state index in [0.717, 1.165) is 70.1 Å². The Bertz CT molecular complexity index is 920. The predicted octanol–water partition coefficient (Wildman–Crippen LogP) is 0.851. The fraction of sp³-hybridized carbons (Fsp3) is 0.500. The lowest BCUT2D eigenvalue weighted by atomic mass is 9.84. The van der Waals surface area contributed by atoms with Crippen molar-refractivity contribution in [2.45, 2.75) is 40.0 Å². The number of benzene rings is 1. The molecule has 3 heterocycles. The van der Waals surface area contributed by atoms with E-state index in [1.807, 2.05) is 0 Å². The van der Waals surface area contributed by atoms with Crippen LogP contribution in [0.2, 0.25) is 0 Å². The van der Waals surface area contributed by atoms with E-state index in [2.05, 4.69) is 35.7 Å². The van der Waals surface area contributed by atoms with E-state index in [-0.39, 0.29) is 0 Å². The first-order valence-electron chi connectivity index (χ1n) is 11.3. The molecule has 4 rings (SSSR count). The average Bonchev–Trinajstić information content (AvgIpc) is 3.57. The van der Waals surface area contributed by atoms with E-state index >= 15 is 0 Å². The molecule has 0 spiro atoms. The molecule has 174 valence electrons. The molecule has 0 aliphatic carbocycles. The van der Waals surface area contributed by atoms with Gasteiger partial charge in [-0.2, -0.15) is 0 Å². The maximum Gasteiger partial charge on any atom is 0.215 e. The van der Waals surface area contributed by atoms with Gasteiger partial charge in [0, 0.05) is 38.9 Å². The number of hydrogen-bond acceptors (Lipinski definition) is 6. The van der Waals surface area contributed by atoms with Gasteiger partial charge < -0.3 is 14.7 Å². The van der Waals surface area contributed by atoms with Gasteiger partial charge in [0.1, 0.15) is 17.5 Å². The van der Waals surface area contributed by atoms with Gasteiger partial charge in [0.25, 0.3) is 0 Å². The van der Waals surface area contributed by atoms with E-state index in [1.165, 1.54) is 0 Å². The maximum absolute atomic E-state index is 11.5. The summed E-state index contributed by atoms with van der Waals surface area (Å²) in [6.07, 6.45) is 4.21. The highest BCUT2D eigenvalue weighted by Gasteiger charge is 2.26. The summed E-state index contributed by atoms with van der Waals surface area (Å²) in [7, 11) is 0. The Hall–Kier alpha value is -3.36. The van der Waals surface area contributed by atoms with Crippen molar-refractivity contribution in [3.63, 3.8) is 0 Å². The van der Waals surface area contributed by atoms with Crippen LogP contribution in [0.5, 0.6) is 0 Å². The molecule has 3 aliphatic heterocycles. The van der Waals surface area contributed by atoms with Gasteiger partial charge in [0.2, 0.25) is 19.2 Å². The second-order valence-electron chi connectivity index (χ2n) is 8.63. The highest BCUT2D eigenvalue weighted by Crippen LogP contribution is 2.31. The molecule has 3 aliphatic rings. The number of carbonyl (C=O) groups is 3. The van der Waals surface area contributed by atoms with E-state index in [9.17, 15) is 14.4 Å². The van der Waals surface area contributed by atoms with Crippen LogP contribution in [0.4, 0.5) is 0 Å². The quantitative estimate of drug-likeness (QED) is 0.522. The third-order valence-corrected chi connectivity index (χ3v) is 7.00. The number of carbonyl (C=O) groups excluding carboxylic acids is 3. The minimum absolute atomic E-state index is 0.560. The van der Waals surface area contributed by atoms with Crippen molar-refractivity contribution < 1.29 is 14.4 Å². The molecule has 0 aromatic heterocycles. The van der Waals surface area contributed by atoms with Crippen molar-refractivity contribution in [1.29, 1.82) is 0 Å². The maximum atomic E-state index is 11.5. The lowest BCUT2D eigenvalue weighted by molar-refractivity contribution is -0.115. The van der Waals surface area contributed by atoms with Gasteiger partial charge in [-0.3, -0.25) is 29.4 Å². The summed E-state index contributed by atoms with van der Waals surface area (Å²) >= 11 is 0. The van der Waals surface area contributed by atoms with Crippen LogP contribution < -0.4 is 0 Å². The Morgan fingerprint density at radius 1 is 0.576 bits per heavy atom.